The smallest absolute Gasteiger partial charge is 0.267 e. The highest BCUT2D eigenvalue weighted by molar-refractivity contribution is 7.98. The Hall–Kier alpha value is -2.15. The lowest BCUT2D eigenvalue weighted by atomic mass is 10.1. The zero-order valence-corrected chi connectivity index (χ0v) is 10.7. The van der Waals surface area contributed by atoms with E-state index in [-0.39, 0.29) is 11.4 Å². The summed E-state index contributed by atoms with van der Waals surface area (Å²) in [7, 11) is 0. The number of halogens is 1. The number of rotatable bonds is 2. The molecule has 96 valence electrons. The number of H-pyrrole nitrogens is 1. The van der Waals surface area contributed by atoms with Gasteiger partial charge in [-0.05, 0) is 30.5 Å². The van der Waals surface area contributed by atoms with Crippen LogP contribution in [-0.4, -0.2) is 25.8 Å². The second-order valence-corrected chi connectivity index (χ2v) is 4.65. The zero-order valence-electron chi connectivity index (χ0n) is 9.92. The van der Waals surface area contributed by atoms with E-state index in [9.17, 15) is 9.18 Å². The van der Waals surface area contributed by atoms with Crippen LogP contribution < -0.4 is 5.56 Å². The van der Waals surface area contributed by atoms with Gasteiger partial charge in [-0.25, -0.2) is 9.37 Å². The summed E-state index contributed by atoms with van der Waals surface area (Å²) < 4.78 is 14.2. The Balaban J connectivity index is 2.20. The van der Waals surface area contributed by atoms with Gasteiger partial charge in [0.15, 0.2) is 5.16 Å². The molecule has 0 fully saturated rings. The van der Waals surface area contributed by atoms with Gasteiger partial charge in [0.1, 0.15) is 5.82 Å². The third kappa shape index (κ3) is 2.12. The lowest BCUT2D eigenvalue weighted by Crippen LogP contribution is -2.14. The summed E-state index contributed by atoms with van der Waals surface area (Å²) >= 11 is 1.39. The first-order valence-corrected chi connectivity index (χ1v) is 6.69. The summed E-state index contributed by atoms with van der Waals surface area (Å²) in [5.74, 6) is -0.0258. The Labute approximate surface area is 111 Å². The first-order chi connectivity index (χ1) is 9.17. The molecule has 0 bridgehead atoms. The van der Waals surface area contributed by atoms with Crippen molar-refractivity contribution < 1.29 is 4.39 Å². The van der Waals surface area contributed by atoms with E-state index in [0.717, 1.165) is 0 Å². The van der Waals surface area contributed by atoms with Crippen LogP contribution in [0.4, 0.5) is 4.39 Å². The maximum atomic E-state index is 12.9. The monoisotopic (exact) mass is 276 g/mol. The van der Waals surface area contributed by atoms with E-state index < -0.39 is 0 Å². The van der Waals surface area contributed by atoms with Crippen LogP contribution in [0, 0.1) is 5.82 Å². The minimum Gasteiger partial charge on any atom is -0.267 e. The van der Waals surface area contributed by atoms with Gasteiger partial charge in [0.25, 0.3) is 11.3 Å². The van der Waals surface area contributed by atoms with Crippen molar-refractivity contribution >= 4 is 17.5 Å². The fourth-order valence-corrected chi connectivity index (χ4v) is 2.08. The number of fused-ring (bicyclic) bond motifs is 1. The average molecular weight is 276 g/mol. The second-order valence-electron chi connectivity index (χ2n) is 3.85. The van der Waals surface area contributed by atoms with E-state index >= 15 is 0 Å². The Morgan fingerprint density at radius 1 is 1.26 bits per heavy atom. The van der Waals surface area contributed by atoms with Gasteiger partial charge in [0.05, 0.1) is 5.69 Å². The molecule has 19 heavy (non-hydrogen) atoms. The van der Waals surface area contributed by atoms with Gasteiger partial charge >= 0.3 is 0 Å². The van der Waals surface area contributed by atoms with Crippen molar-refractivity contribution in [3.05, 3.63) is 46.5 Å². The lowest BCUT2D eigenvalue weighted by Gasteiger charge is -2.00. The fourth-order valence-electron chi connectivity index (χ4n) is 1.72. The van der Waals surface area contributed by atoms with Crippen LogP contribution in [-0.2, 0) is 0 Å². The normalized spacial score (nSPS) is 11.1. The van der Waals surface area contributed by atoms with Gasteiger partial charge in [0.2, 0.25) is 0 Å². The van der Waals surface area contributed by atoms with Crippen LogP contribution in [0.2, 0.25) is 0 Å². The van der Waals surface area contributed by atoms with Crippen LogP contribution in [0.25, 0.3) is 17.0 Å². The number of hydrogen-bond acceptors (Lipinski definition) is 4. The van der Waals surface area contributed by atoms with E-state index in [4.69, 9.17) is 0 Å². The topological polar surface area (TPSA) is 63.1 Å². The molecule has 0 spiro atoms. The van der Waals surface area contributed by atoms with Crippen molar-refractivity contribution in [2.24, 2.45) is 0 Å². The maximum absolute atomic E-state index is 12.9. The van der Waals surface area contributed by atoms with E-state index in [1.54, 1.807) is 12.1 Å². The molecule has 2 aromatic heterocycles. The Kier molecular flexibility index (Phi) is 2.83. The number of hydrogen-bond donors (Lipinski definition) is 1. The van der Waals surface area contributed by atoms with E-state index in [2.05, 4.69) is 15.1 Å². The highest BCUT2D eigenvalue weighted by Crippen LogP contribution is 2.17. The molecule has 2 heterocycles. The first kappa shape index (κ1) is 11.9. The van der Waals surface area contributed by atoms with Gasteiger partial charge in [-0.3, -0.25) is 9.89 Å². The molecule has 0 radical (unpaired) electrons. The van der Waals surface area contributed by atoms with Crippen LogP contribution in [0.3, 0.4) is 0 Å². The quantitative estimate of drug-likeness (QED) is 0.727. The third-order valence-corrected chi connectivity index (χ3v) is 3.21. The molecule has 0 amide bonds. The minimum absolute atomic E-state index is 0.253. The molecule has 0 saturated heterocycles. The van der Waals surface area contributed by atoms with Crippen LogP contribution in [0.15, 0.2) is 40.3 Å². The van der Waals surface area contributed by atoms with Gasteiger partial charge in [-0.2, -0.15) is 9.50 Å². The summed E-state index contributed by atoms with van der Waals surface area (Å²) in [4.78, 5) is 20.4. The summed E-state index contributed by atoms with van der Waals surface area (Å²) in [5, 5.41) is 3.45. The summed E-state index contributed by atoms with van der Waals surface area (Å²) in [6, 6.07) is 7.21. The van der Waals surface area contributed by atoms with E-state index in [1.807, 2.05) is 6.26 Å². The van der Waals surface area contributed by atoms with E-state index in [1.165, 1.54) is 34.5 Å². The molecule has 1 aromatic carbocycles. The van der Waals surface area contributed by atoms with Crippen molar-refractivity contribution in [1.82, 2.24) is 19.6 Å². The number of nitrogens with one attached hydrogen (secondary N) is 1. The van der Waals surface area contributed by atoms with Crippen molar-refractivity contribution in [3.8, 4) is 11.3 Å². The Morgan fingerprint density at radius 2 is 2.00 bits per heavy atom. The number of nitrogens with zero attached hydrogens (tertiary/aromatic N) is 3. The predicted molar refractivity (Wildman–Crippen MR) is 70.8 cm³/mol. The minimum atomic E-state index is -0.328. The van der Waals surface area contributed by atoms with Crippen LogP contribution >= 0.6 is 11.8 Å². The van der Waals surface area contributed by atoms with Gasteiger partial charge in [-0.15, -0.1) is 0 Å². The molecule has 3 aromatic rings. The van der Waals surface area contributed by atoms with Crippen molar-refractivity contribution in [1.29, 1.82) is 0 Å². The van der Waals surface area contributed by atoms with Gasteiger partial charge < -0.3 is 0 Å². The average Bonchev–Trinajstić information content (AvgIpc) is 2.83. The molecule has 3 rings (SSSR count). The van der Waals surface area contributed by atoms with Crippen LogP contribution in [0.5, 0.6) is 0 Å². The molecule has 7 heteroatoms. The Bertz CT molecular complexity index is 794. The lowest BCUT2D eigenvalue weighted by molar-refractivity contribution is 0.628. The molecule has 0 aliphatic carbocycles. The molecule has 1 N–H and O–H groups in total. The molecular weight excluding hydrogens is 267 g/mol. The van der Waals surface area contributed by atoms with Crippen LogP contribution in [0.1, 0.15) is 0 Å². The van der Waals surface area contributed by atoms with Gasteiger partial charge in [-0.1, -0.05) is 11.8 Å². The fraction of sp³-hybridized carbons (Fsp3) is 0.0833. The highest BCUT2D eigenvalue weighted by atomic mass is 32.2. The molecule has 5 nitrogen and oxygen atoms in total. The van der Waals surface area contributed by atoms with Crippen molar-refractivity contribution in [2.75, 3.05) is 6.26 Å². The molecule has 0 unspecified atom stereocenters. The van der Waals surface area contributed by atoms with Crippen molar-refractivity contribution in [3.63, 3.8) is 0 Å². The standard InChI is InChI=1S/C12H9FN4OS/c1-19-12-15-11-14-9(6-10(18)17(11)16-12)7-2-4-8(13)5-3-7/h2-6H,1H3,(H,14,15,16). The number of aromatic nitrogens is 4. The number of aromatic amines is 1. The molecular formula is C12H9FN4OS. The Morgan fingerprint density at radius 3 is 2.68 bits per heavy atom. The summed E-state index contributed by atoms with van der Waals surface area (Å²) in [5.41, 5.74) is 0.899. The van der Waals surface area contributed by atoms with Crippen molar-refractivity contribution in [2.45, 2.75) is 5.16 Å². The SMILES string of the molecule is CSc1nc2nc(-c3ccc(F)cc3)cc(=O)n2[nH]1. The zero-order chi connectivity index (χ0) is 13.4. The summed E-state index contributed by atoms with van der Waals surface area (Å²) in [6.45, 7) is 0. The highest BCUT2D eigenvalue weighted by Gasteiger charge is 2.08. The first-order valence-electron chi connectivity index (χ1n) is 5.47. The molecule has 0 saturated carbocycles. The maximum Gasteiger partial charge on any atom is 0.274 e. The predicted octanol–water partition coefficient (Wildman–Crippen LogP) is 1.95. The third-order valence-electron chi connectivity index (χ3n) is 2.64. The molecule has 0 atom stereocenters. The second kappa shape index (κ2) is 4.51. The van der Waals surface area contributed by atoms with E-state index in [0.29, 0.717) is 22.2 Å². The van der Waals surface area contributed by atoms with Gasteiger partial charge in [0, 0.05) is 11.6 Å². The number of benzene rings is 1. The summed E-state index contributed by atoms with van der Waals surface area (Å²) in [6.07, 6.45) is 1.85. The largest absolute Gasteiger partial charge is 0.274 e. The number of thioether (sulfide) groups is 1. The molecule has 0 aliphatic rings. The molecule has 0 aliphatic heterocycles.